The number of aliphatic hydroxyl groups excluding tert-OH is 1. The molecule has 4 aliphatic heterocycles. The van der Waals surface area contributed by atoms with Gasteiger partial charge in [0.1, 0.15) is 24.2 Å². The Bertz CT molecular complexity index is 1060. The average molecular weight is 495 g/mol. The van der Waals surface area contributed by atoms with Crippen LogP contribution in [0.15, 0.2) is 54.6 Å². The molecule has 36 heavy (non-hydrogen) atoms. The van der Waals surface area contributed by atoms with Crippen molar-refractivity contribution < 1.29 is 29.0 Å². The van der Waals surface area contributed by atoms with Gasteiger partial charge >= 0.3 is 5.97 Å². The SMILES string of the molecule is CCCCCN1CC=C[C@]23O[C@@H]4C=CCOC(=O)[C@@H]4[C@H]2C(=O)N([C@@H](CO)Cc2ccccc2)C3C1=O. The zero-order chi connectivity index (χ0) is 25.3. The number of likely N-dealkylation sites (tertiary alicyclic amines) is 1. The number of aliphatic hydroxyl groups is 1. The van der Waals surface area contributed by atoms with E-state index in [2.05, 4.69) is 6.92 Å². The van der Waals surface area contributed by atoms with Gasteiger partial charge in [0, 0.05) is 13.1 Å². The molecule has 1 aromatic carbocycles. The summed E-state index contributed by atoms with van der Waals surface area (Å²) in [6.45, 7) is 2.92. The number of hydrogen-bond acceptors (Lipinski definition) is 6. The third kappa shape index (κ3) is 4.06. The van der Waals surface area contributed by atoms with Crippen LogP contribution in [0.25, 0.3) is 0 Å². The monoisotopic (exact) mass is 494 g/mol. The van der Waals surface area contributed by atoms with Gasteiger partial charge in [-0.2, -0.15) is 0 Å². The van der Waals surface area contributed by atoms with Crippen LogP contribution >= 0.6 is 0 Å². The average Bonchev–Trinajstić information content (AvgIpc) is 3.19. The third-order valence-corrected chi connectivity index (χ3v) is 7.88. The number of cyclic esters (lactones) is 1. The number of carbonyl (C=O) groups excluding carboxylic acids is 3. The van der Waals surface area contributed by atoms with Crippen LogP contribution in [0.5, 0.6) is 0 Å². The van der Waals surface area contributed by atoms with E-state index in [-0.39, 0.29) is 25.0 Å². The summed E-state index contributed by atoms with van der Waals surface area (Å²) < 4.78 is 11.9. The third-order valence-electron chi connectivity index (χ3n) is 7.88. The Hall–Kier alpha value is -2.97. The van der Waals surface area contributed by atoms with E-state index in [4.69, 9.17) is 9.47 Å². The molecule has 1 spiro atoms. The summed E-state index contributed by atoms with van der Waals surface area (Å²) >= 11 is 0. The predicted molar refractivity (Wildman–Crippen MR) is 132 cm³/mol. The van der Waals surface area contributed by atoms with Gasteiger partial charge < -0.3 is 24.4 Å². The molecule has 0 saturated carbocycles. The second-order valence-electron chi connectivity index (χ2n) is 10.1. The minimum Gasteiger partial charge on any atom is -0.461 e. The number of fused-ring (bicyclic) bond motifs is 2. The highest BCUT2D eigenvalue weighted by Gasteiger charge is 2.72. The van der Waals surface area contributed by atoms with Crippen LogP contribution in [0.1, 0.15) is 31.7 Å². The maximum Gasteiger partial charge on any atom is 0.313 e. The smallest absolute Gasteiger partial charge is 0.313 e. The van der Waals surface area contributed by atoms with Gasteiger partial charge in [-0.3, -0.25) is 14.4 Å². The second kappa shape index (κ2) is 10.2. The fraction of sp³-hybridized carbons (Fsp3) is 0.536. The molecular weight excluding hydrogens is 460 g/mol. The molecule has 4 heterocycles. The molecule has 8 nitrogen and oxygen atoms in total. The Morgan fingerprint density at radius 3 is 2.67 bits per heavy atom. The molecule has 0 aromatic heterocycles. The first-order valence-electron chi connectivity index (χ1n) is 13.0. The Labute approximate surface area is 211 Å². The van der Waals surface area contributed by atoms with E-state index in [0.717, 1.165) is 24.8 Å². The van der Waals surface area contributed by atoms with Crippen LogP contribution in [0.4, 0.5) is 0 Å². The van der Waals surface area contributed by atoms with Crippen molar-refractivity contribution in [3.63, 3.8) is 0 Å². The summed E-state index contributed by atoms with van der Waals surface area (Å²) in [5, 5.41) is 10.5. The molecule has 5 rings (SSSR count). The summed E-state index contributed by atoms with van der Waals surface area (Å²) in [6.07, 6.45) is 9.83. The van der Waals surface area contributed by atoms with Crippen molar-refractivity contribution in [2.45, 2.75) is 56.4 Å². The highest BCUT2D eigenvalue weighted by Crippen LogP contribution is 2.53. The Morgan fingerprint density at radius 1 is 1.11 bits per heavy atom. The standard InChI is InChI=1S/C28H34N2O6/c1-2-3-7-14-29-15-9-13-28-23(22-21(36-28)12-8-16-35-27(22)34)25(32)30(24(28)26(29)33)20(18-31)17-19-10-5-4-6-11-19/h4-6,8-13,20-24,31H,2-3,7,14-18H2,1H3/t20-,21-,22+,23+,24?,28+/m1/s1. The number of rotatable bonds is 8. The second-order valence-corrected chi connectivity index (χ2v) is 10.1. The molecule has 2 amide bonds. The predicted octanol–water partition coefficient (Wildman–Crippen LogP) is 1.87. The van der Waals surface area contributed by atoms with Gasteiger partial charge in [0.2, 0.25) is 11.8 Å². The molecule has 0 aliphatic carbocycles. The van der Waals surface area contributed by atoms with Gasteiger partial charge in [0.15, 0.2) is 0 Å². The lowest BCUT2D eigenvalue weighted by atomic mass is 9.78. The lowest BCUT2D eigenvalue weighted by Gasteiger charge is -2.38. The number of esters is 1. The van der Waals surface area contributed by atoms with E-state index >= 15 is 0 Å². The molecule has 2 fully saturated rings. The molecular formula is C28H34N2O6. The van der Waals surface area contributed by atoms with E-state index in [1.165, 1.54) is 4.90 Å². The van der Waals surface area contributed by atoms with Crippen molar-refractivity contribution in [2.24, 2.45) is 11.8 Å². The van der Waals surface area contributed by atoms with Gasteiger partial charge in [0.05, 0.1) is 24.7 Å². The Kier molecular flexibility index (Phi) is 6.99. The lowest BCUT2D eigenvalue weighted by molar-refractivity contribution is -0.155. The minimum absolute atomic E-state index is 0.128. The van der Waals surface area contributed by atoms with Gasteiger partial charge in [-0.1, -0.05) is 68.3 Å². The van der Waals surface area contributed by atoms with E-state index < -0.39 is 41.6 Å². The summed E-state index contributed by atoms with van der Waals surface area (Å²) in [4.78, 5) is 44.6. The van der Waals surface area contributed by atoms with Crippen molar-refractivity contribution in [1.29, 1.82) is 0 Å². The zero-order valence-electron chi connectivity index (χ0n) is 20.6. The lowest BCUT2D eigenvalue weighted by Crippen LogP contribution is -2.58. The molecule has 0 bridgehead atoms. The van der Waals surface area contributed by atoms with Crippen LogP contribution in [0.2, 0.25) is 0 Å². The van der Waals surface area contributed by atoms with Crippen LogP contribution < -0.4 is 0 Å². The largest absolute Gasteiger partial charge is 0.461 e. The number of ether oxygens (including phenoxy) is 2. The highest BCUT2D eigenvalue weighted by molar-refractivity contribution is 5.99. The van der Waals surface area contributed by atoms with Crippen LogP contribution in [-0.4, -0.2) is 82.8 Å². The van der Waals surface area contributed by atoms with Crippen LogP contribution in [0, 0.1) is 11.8 Å². The molecule has 8 heteroatoms. The van der Waals surface area contributed by atoms with Gasteiger partial charge in [-0.25, -0.2) is 0 Å². The van der Waals surface area contributed by atoms with Gasteiger partial charge in [-0.15, -0.1) is 0 Å². The number of nitrogens with zero attached hydrogens (tertiary/aromatic N) is 2. The fourth-order valence-corrected chi connectivity index (χ4v) is 6.24. The van der Waals surface area contributed by atoms with Crippen LogP contribution in [-0.2, 0) is 30.3 Å². The topological polar surface area (TPSA) is 96.4 Å². The molecule has 192 valence electrons. The number of carbonyl (C=O) groups is 3. The van der Waals surface area contributed by atoms with Crippen molar-refractivity contribution in [3.05, 3.63) is 60.2 Å². The Balaban J connectivity index is 1.57. The molecule has 1 N–H and O–H groups in total. The van der Waals surface area contributed by atoms with E-state index in [9.17, 15) is 19.5 Å². The zero-order valence-corrected chi connectivity index (χ0v) is 20.6. The Morgan fingerprint density at radius 2 is 1.92 bits per heavy atom. The first-order valence-corrected chi connectivity index (χ1v) is 13.0. The fourth-order valence-electron chi connectivity index (χ4n) is 6.24. The summed E-state index contributed by atoms with van der Waals surface area (Å²) in [5.74, 6) is -2.78. The van der Waals surface area contributed by atoms with Crippen molar-refractivity contribution in [1.82, 2.24) is 9.80 Å². The number of benzene rings is 1. The molecule has 1 aromatic rings. The summed E-state index contributed by atoms with van der Waals surface area (Å²) in [7, 11) is 0. The van der Waals surface area contributed by atoms with Crippen LogP contribution in [0.3, 0.4) is 0 Å². The highest BCUT2D eigenvalue weighted by atomic mass is 16.6. The molecule has 1 unspecified atom stereocenters. The summed E-state index contributed by atoms with van der Waals surface area (Å²) in [5.41, 5.74) is -0.351. The molecule has 2 saturated heterocycles. The van der Waals surface area contributed by atoms with Gasteiger partial charge in [-0.05, 0) is 24.5 Å². The van der Waals surface area contributed by atoms with E-state index in [0.29, 0.717) is 19.5 Å². The summed E-state index contributed by atoms with van der Waals surface area (Å²) in [6, 6.07) is 7.98. The van der Waals surface area contributed by atoms with Crippen molar-refractivity contribution >= 4 is 17.8 Å². The maximum absolute atomic E-state index is 14.2. The van der Waals surface area contributed by atoms with E-state index in [1.54, 1.807) is 17.1 Å². The minimum atomic E-state index is -1.30. The molecule has 0 radical (unpaired) electrons. The maximum atomic E-state index is 14.2. The first kappa shape index (κ1) is 24.7. The number of unbranched alkanes of at least 4 members (excludes halogenated alkanes) is 2. The number of amides is 2. The van der Waals surface area contributed by atoms with Crippen molar-refractivity contribution in [3.8, 4) is 0 Å². The van der Waals surface area contributed by atoms with Crippen molar-refractivity contribution in [2.75, 3.05) is 26.3 Å². The van der Waals surface area contributed by atoms with E-state index in [1.807, 2.05) is 42.5 Å². The quantitative estimate of drug-likeness (QED) is 0.337. The molecule has 6 atom stereocenters. The molecule has 4 aliphatic rings. The van der Waals surface area contributed by atoms with Gasteiger partial charge in [0.25, 0.3) is 0 Å². The first-order chi connectivity index (χ1) is 17.5. The normalized spacial score (nSPS) is 32.0. The number of hydrogen-bond donors (Lipinski definition) is 1.